The van der Waals surface area contributed by atoms with E-state index in [9.17, 15) is 4.79 Å². The Morgan fingerprint density at radius 3 is 2.33 bits per heavy atom. The monoisotopic (exact) mass is 290 g/mol. The number of benzene rings is 1. The molecule has 0 radical (unpaired) electrons. The highest BCUT2D eigenvalue weighted by Gasteiger charge is 2.41. The molecule has 4 atom stereocenters. The van der Waals surface area contributed by atoms with E-state index in [1.165, 1.54) is 5.56 Å². The van der Waals surface area contributed by atoms with E-state index in [4.69, 9.17) is 4.74 Å². The summed E-state index contributed by atoms with van der Waals surface area (Å²) in [4.78, 5) is 12.4. The molecule has 4 unspecified atom stereocenters. The molecule has 1 saturated heterocycles. The van der Waals surface area contributed by atoms with Gasteiger partial charge in [-0.3, -0.25) is 4.79 Å². The van der Waals surface area contributed by atoms with Crippen LogP contribution < -0.4 is 10.6 Å². The van der Waals surface area contributed by atoms with Crippen LogP contribution in [0, 0.1) is 11.8 Å². The molecule has 1 aromatic carbocycles. The van der Waals surface area contributed by atoms with Crippen LogP contribution in [0.25, 0.3) is 0 Å². The second-order valence-electron chi connectivity index (χ2n) is 5.90. The van der Waals surface area contributed by atoms with Gasteiger partial charge in [0.15, 0.2) is 0 Å². The normalized spacial score (nSPS) is 28.6. The predicted octanol–water partition coefficient (Wildman–Crippen LogP) is 2.79. The average molecular weight is 290 g/mol. The topological polar surface area (TPSA) is 50.4 Å². The van der Waals surface area contributed by atoms with Crippen molar-refractivity contribution in [3.05, 3.63) is 29.8 Å². The Labute approximate surface area is 127 Å². The quantitative estimate of drug-likeness (QED) is 0.876. The molecule has 2 rings (SSSR count). The lowest BCUT2D eigenvalue weighted by Gasteiger charge is -2.18. The van der Waals surface area contributed by atoms with E-state index in [-0.39, 0.29) is 30.0 Å². The molecule has 116 valence electrons. The maximum absolute atomic E-state index is 12.4. The smallest absolute Gasteiger partial charge is 0.230 e. The van der Waals surface area contributed by atoms with E-state index < -0.39 is 0 Å². The van der Waals surface area contributed by atoms with Gasteiger partial charge in [0, 0.05) is 12.2 Å². The van der Waals surface area contributed by atoms with E-state index in [0.29, 0.717) is 0 Å². The Morgan fingerprint density at radius 1 is 1.14 bits per heavy atom. The van der Waals surface area contributed by atoms with Crippen molar-refractivity contribution < 1.29 is 9.53 Å². The predicted molar refractivity (Wildman–Crippen MR) is 85.1 cm³/mol. The third-order valence-electron chi connectivity index (χ3n) is 4.35. The fourth-order valence-corrected chi connectivity index (χ4v) is 2.92. The maximum Gasteiger partial charge on any atom is 0.230 e. The van der Waals surface area contributed by atoms with Gasteiger partial charge in [-0.1, -0.05) is 26.0 Å². The van der Waals surface area contributed by atoms with Crippen LogP contribution >= 0.6 is 0 Å². The Kier molecular flexibility index (Phi) is 5.37. The number of rotatable bonds is 5. The van der Waals surface area contributed by atoms with Crippen molar-refractivity contribution in [3.63, 3.8) is 0 Å². The van der Waals surface area contributed by atoms with Gasteiger partial charge in [-0.05, 0) is 44.0 Å². The van der Waals surface area contributed by atoms with Gasteiger partial charge in [0.05, 0.1) is 18.1 Å². The minimum atomic E-state index is -0.0820. The lowest BCUT2D eigenvalue weighted by molar-refractivity contribution is -0.121. The van der Waals surface area contributed by atoms with Crippen molar-refractivity contribution in [1.82, 2.24) is 5.32 Å². The molecule has 2 N–H and O–H groups in total. The summed E-state index contributed by atoms with van der Waals surface area (Å²) in [5.41, 5.74) is 2.06. The molecule has 0 aliphatic carbocycles. The van der Waals surface area contributed by atoms with Gasteiger partial charge in [-0.2, -0.15) is 0 Å². The highest BCUT2D eigenvalue weighted by Crippen LogP contribution is 2.32. The third-order valence-corrected chi connectivity index (χ3v) is 4.35. The first-order valence-electron chi connectivity index (χ1n) is 7.79. The zero-order chi connectivity index (χ0) is 15.4. The lowest BCUT2D eigenvalue weighted by Crippen LogP contribution is -2.31. The lowest BCUT2D eigenvalue weighted by atomic mass is 9.89. The number of hydrogen-bond donors (Lipinski definition) is 2. The number of amides is 1. The Balaban J connectivity index is 1.96. The first-order chi connectivity index (χ1) is 10.0. The van der Waals surface area contributed by atoms with Gasteiger partial charge in [-0.15, -0.1) is 0 Å². The molecule has 0 aromatic heterocycles. The molecule has 21 heavy (non-hydrogen) atoms. The van der Waals surface area contributed by atoms with Gasteiger partial charge in [0.25, 0.3) is 0 Å². The minimum absolute atomic E-state index is 0.0250. The highest BCUT2D eigenvalue weighted by atomic mass is 16.5. The molecule has 1 fully saturated rings. The summed E-state index contributed by atoms with van der Waals surface area (Å²) in [5.74, 6) is 0.216. The van der Waals surface area contributed by atoms with Crippen molar-refractivity contribution in [2.24, 2.45) is 11.8 Å². The van der Waals surface area contributed by atoms with Gasteiger partial charge in [-0.25, -0.2) is 0 Å². The third kappa shape index (κ3) is 3.83. The van der Waals surface area contributed by atoms with Gasteiger partial charge < -0.3 is 15.4 Å². The van der Waals surface area contributed by atoms with E-state index >= 15 is 0 Å². The van der Waals surface area contributed by atoms with Crippen molar-refractivity contribution >= 4 is 11.6 Å². The number of anilines is 1. The Hall–Kier alpha value is -1.39. The fraction of sp³-hybridized carbons (Fsp3) is 0.588. The Morgan fingerprint density at radius 2 is 1.81 bits per heavy atom. The molecule has 0 bridgehead atoms. The summed E-state index contributed by atoms with van der Waals surface area (Å²) in [7, 11) is 0. The molecule has 1 aliphatic rings. The first-order valence-corrected chi connectivity index (χ1v) is 7.79. The number of nitrogens with one attached hydrogen (secondary N) is 2. The largest absolute Gasteiger partial charge is 0.374 e. The second-order valence-corrected chi connectivity index (χ2v) is 5.90. The first kappa shape index (κ1) is 16.0. The SMILES string of the molecule is CCNCc1ccc(NC(=O)C2C(C)OC(C)C2C)cc1. The molecule has 4 heteroatoms. The fourth-order valence-electron chi connectivity index (χ4n) is 2.92. The summed E-state index contributed by atoms with van der Waals surface area (Å²) < 4.78 is 5.74. The van der Waals surface area contributed by atoms with Crippen LogP contribution in [-0.4, -0.2) is 24.7 Å². The number of hydrogen-bond acceptors (Lipinski definition) is 3. The van der Waals surface area contributed by atoms with E-state index in [2.05, 4.69) is 24.5 Å². The number of carbonyl (C=O) groups excluding carboxylic acids is 1. The summed E-state index contributed by atoms with van der Waals surface area (Å²) >= 11 is 0. The van der Waals surface area contributed by atoms with Crippen molar-refractivity contribution in [1.29, 1.82) is 0 Å². The number of carbonyl (C=O) groups is 1. The summed E-state index contributed by atoms with van der Waals surface area (Å²) in [6, 6.07) is 8.00. The van der Waals surface area contributed by atoms with Gasteiger partial charge >= 0.3 is 0 Å². The average Bonchev–Trinajstić information content (AvgIpc) is 2.71. The van der Waals surface area contributed by atoms with Crippen LogP contribution in [0.15, 0.2) is 24.3 Å². The summed E-state index contributed by atoms with van der Waals surface area (Å²) in [5, 5.41) is 6.29. The van der Waals surface area contributed by atoms with E-state index in [0.717, 1.165) is 18.8 Å². The molecule has 0 spiro atoms. The Bertz CT molecular complexity index is 472. The molecule has 1 amide bonds. The summed E-state index contributed by atoms with van der Waals surface area (Å²) in [6.07, 6.45) is 0.112. The van der Waals surface area contributed by atoms with Gasteiger partial charge in [0.2, 0.25) is 5.91 Å². The molecule has 1 aromatic rings. The molecule has 4 nitrogen and oxygen atoms in total. The standard InChI is InChI=1S/C17H26N2O2/c1-5-18-10-14-6-8-15(9-7-14)19-17(20)16-11(2)12(3)21-13(16)4/h6-9,11-13,16,18H,5,10H2,1-4H3,(H,19,20). The van der Waals surface area contributed by atoms with E-state index in [1.54, 1.807) is 0 Å². The second kappa shape index (κ2) is 7.05. The highest BCUT2D eigenvalue weighted by molar-refractivity contribution is 5.93. The molecular weight excluding hydrogens is 264 g/mol. The zero-order valence-electron chi connectivity index (χ0n) is 13.3. The van der Waals surface area contributed by atoms with Crippen LogP contribution in [0.4, 0.5) is 5.69 Å². The molecule has 1 aliphatic heterocycles. The molecular formula is C17H26N2O2. The van der Waals surface area contributed by atoms with Crippen molar-refractivity contribution in [2.45, 2.75) is 46.4 Å². The van der Waals surface area contributed by atoms with Crippen molar-refractivity contribution in [2.75, 3.05) is 11.9 Å². The van der Waals surface area contributed by atoms with Crippen LogP contribution in [0.2, 0.25) is 0 Å². The van der Waals surface area contributed by atoms with Crippen LogP contribution in [-0.2, 0) is 16.1 Å². The molecule has 0 saturated carbocycles. The van der Waals surface area contributed by atoms with Crippen LogP contribution in [0.3, 0.4) is 0 Å². The maximum atomic E-state index is 12.4. The van der Waals surface area contributed by atoms with E-state index in [1.807, 2.05) is 38.1 Å². The molecule has 1 heterocycles. The zero-order valence-corrected chi connectivity index (χ0v) is 13.3. The van der Waals surface area contributed by atoms with Crippen LogP contribution in [0.5, 0.6) is 0 Å². The number of ether oxygens (including phenoxy) is 1. The minimum Gasteiger partial charge on any atom is -0.374 e. The summed E-state index contributed by atoms with van der Waals surface area (Å²) in [6.45, 7) is 9.98. The van der Waals surface area contributed by atoms with Crippen LogP contribution in [0.1, 0.15) is 33.3 Å². The van der Waals surface area contributed by atoms with Crippen molar-refractivity contribution in [3.8, 4) is 0 Å². The van der Waals surface area contributed by atoms with Gasteiger partial charge in [0.1, 0.15) is 0 Å².